The normalized spacial score (nSPS) is 15.5. The maximum atomic E-state index is 13.5. The quantitative estimate of drug-likeness (QED) is 0.611. The molecule has 3 aromatic rings. The van der Waals surface area contributed by atoms with Gasteiger partial charge in [-0.1, -0.05) is 36.4 Å². The Morgan fingerprint density at radius 3 is 2.28 bits per heavy atom. The summed E-state index contributed by atoms with van der Waals surface area (Å²) in [5.74, 6) is 0.267. The molecule has 0 aromatic heterocycles. The van der Waals surface area contributed by atoms with Crippen molar-refractivity contribution >= 4 is 33.8 Å². The van der Waals surface area contributed by atoms with Crippen LogP contribution in [0.25, 0.3) is 10.8 Å². The van der Waals surface area contributed by atoms with Crippen LogP contribution in [0.2, 0.25) is 0 Å². The topological polar surface area (TPSA) is 45.1 Å². The number of fused-ring (bicyclic) bond motifs is 1. The van der Waals surface area contributed by atoms with Crippen LogP contribution in [0.4, 0.5) is 11.4 Å². The molecule has 1 heterocycles. The van der Waals surface area contributed by atoms with E-state index in [1.807, 2.05) is 54.3 Å². The zero-order valence-corrected chi connectivity index (χ0v) is 19.2. The maximum absolute atomic E-state index is 13.5. The molecule has 1 fully saturated rings. The Bertz CT molecular complexity index is 1100. The predicted molar refractivity (Wildman–Crippen MR) is 131 cm³/mol. The summed E-state index contributed by atoms with van der Waals surface area (Å²) in [6.07, 6.45) is 0. The molecule has 1 aliphatic heterocycles. The van der Waals surface area contributed by atoms with Crippen LogP contribution in [0.1, 0.15) is 31.1 Å². The van der Waals surface area contributed by atoms with E-state index in [1.54, 1.807) is 6.92 Å². The maximum Gasteiger partial charge on any atom is 0.284 e. The SMILES string of the molecule is CCN(C(=O)[C@H](C)[NH+]1CCN(c2ccc(C(C)=O)cc2)CC1)c1cccc2ccccc12. The Morgan fingerprint density at radius 1 is 0.969 bits per heavy atom. The van der Waals surface area contributed by atoms with Gasteiger partial charge in [-0.05, 0) is 56.5 Å². The van der Waals surface area contributed by atoms with Crippen LogP contribution in [-0.2, 0) is 4.79 Å². The second-order valence-corrected chi connectivity index (χ2v) is 8.55. The summed E-state index contributed by atoms with van der Waals surface area (Å²) in [7, 11) is 0. The number of amides is 1. The van der Waals surface area contributed by atoms with Gasteiger partial charge in [-0.15, -0.1) is 0 Å². The second-order valence-electron chi connectivity index (χ2n) is 8.55. The zero-order valence-electron chi connectivity index (χ0n) is 19.2. The van der Waals surface area contributed by atoms with Gasteiger partial charge in [-0.2, -0.15) is 0 Å². The number of hydrogen-bond acceptors (Lipinski definition) is 3. The smallest absolute Gasteiger partial charge is 0.284 e. The van der Waals surface area contributed by atoms with Crippen molar-refractivity contribution in [2.75, 3.05) is 42.5 Å². The molecule has 1 saturated heterocycles. The van der Waals surface area contributed by atoms with Crippen molar-refractivity contribution in [1.82, 2.24) is 0 Å². The first-order chi connectivity index (χ1) is 15.5. The molecule has 4 rings (SSSR count). The predicted octanol–water partition coefficient (Wildman–Crippen LogP) is 3.19. The van der Waals surface area contributed by atoms with Crippen molar-refractivity contribution in [3.63, 3.8) is 0 Å². The fraction of sp³-hybridized carbons (Fsp3) is 0.333. The molecule has 166 valence electrons. The van der Waals surface area contributed by atoms with Gasteiger partial charge in [0.05, 0.1) is 31.9 Å². The lowest BCUT2D eigenvalue weighted by molar-refractivity contribution is -0.914. The number of anilines is 2. The van der Waals surface area contributed by atoms with Crippen LogP contribution in [0, 0.1) is 0 Å². The molecular weight excluding hydrogens is 398 g/mol. The van der Waals surface area contributed by atoms with E-state index >= 15 is 0 Å². The van der Waals surface area contributed by atoms with Crippen LogP contribution >= 0.6 is 0 Å². The number of carbonyl (C=O) groups is 2. The van der Waals surface area contributed by atoms with Crippen LogP contribution in [0.15, 0.2) is 66.7 Å². The molecule has 3 aromatic carbocycles. The molecule has 0 bridgehead atoms. The van der Waals surface area contributed by atoms with Crippen molar-refractivity contribution in [3.8, 4) is 0 Å². The van der Waals surface area contributed by atoms with Gasteiger partial charge in [0.2, 0.25) is 0 Å². The summed E-state index contributed by atoms with van der Waals surface area (Å²) in [5.41, 5.74) is 2.87. The summed E-state index contributed by atoms with van der Waals surface area (Å²) in [6.45, 7) is 9.96. The molecule has 1 atom stereocenters. The molecule has 1 N–H and O–H groups in total. The van der Waals surface area contributed by atoms with E-state index in [0.29, 0.717) is 6.54 Å². The minimum absolute atomic E-state index is 0.0878. The van der Waals surface area contributed by atoms with Crippen molar-refractivity contribution < 1.29 is 14.5 Å². The number of likely N-dealkylation sites (N-methyl/N-ethyl adjacent to an activating group) is 1. The number of piperazine rings is 1. The third kappa shape index (κ3) is 4.39. The number of benzene rings is 3. The number of nitrogens with zero attached hydrogens (tertiary/aromatic N) is 2. The molecule has 0 unspecified atom stereocenters. The monoisotopic (exact) mass is 430 g/mol. The molecule has 5 nitrogen and oxygen atoms in total. The average molecular weight is 431 g/mol. The Kier molecular flexibility index (Phi) is 6.56. The standard InChI is InChI=1S/C27H31N3O2/c1-4-30(26-11-7-9-23-8-5-6-10-25(23)26)27(32)20(2)28-16-18-29(19-17-28)24-14-12-22(13-15-24)21(3)31/h5-15,20H,4,16-19H2,1-3H3/p+1/t20-/m0/s1. The molecule has 32 heavy (non-hydrogen) atoms. The molecule has 0 saturated carbocycles. The highest BCUT2D eigenvalue weighted by molar-refractivity contribution is 6.04. The van der Waals surface area contributed by atoms with Gasteiger partial charge in [0.25, 0.3) is 5.91 Å². The van der Waals surface area contributed by atoms with Crippen molar-refractivity contribution in [1.29, 1.82) is 0 Å². The molecular formula is C27H32N3O2+. The summed E-state index contributed by atoms with van der Waals surface area (Å²) in [4.78, 5) is 30.6. The first-order valence-corrected chi connectivity index (χ1v) is 11.5. The summed E-state index contributed by atoms with van der Waals surface area (Å²) >= 11 is 0. The van der Waals surface area contributed by atoms with Crippen LogP contribution in [0.5, 0.6) is 0 Å². The van der Waals surface area contributed by atoms with E-state index in [2.05, 4.69) is 36.1 Å². The molecule has 1 aliphatic rings. The Morgan fingerprint density at radius 2 is 1.62 bits per heavy atom. The summed E-state index contributed by atoms with van der Waals surface area (Å²) in [5, 5.41) is 2.27. The molecule has 5 heteroatoms. The molecule has 1 amide bonds. The Hall–Kier alpha value is -3.18. The van der Waals surface area contributed by atoms with Gasteiger partial charge in [-0.25, -0.2) is 0 Å². The summed E-state index contributed by atoms with van der Waals surface area (Å²) in [6, 6.07) is 22.2. The third-order valence-corrected chi connectivity index (χ3v) is 6.67. The number of Topliss-reactive ketones (excluding diaryl/α,β-unsaturated/α-hetero) is 1. The number of carbonyl (C=O) groups excluding carboxylic acids is 2. The van der Waals surface area contributed by atoms with Gasteiger partial charge in [0.1, 0.15) is 0 Å². The first-order valence-electron chi connectivity index (χ1n) is 11.5. The highest BCUT2D eigenvalue weighted by Crippen LogP contribution is 2.27. The van der Waals surface area contributed by atoms with E-state index < -0.39 is 0 Å². The third-order valence-electron chi connectivity index (χ3n) is 6.67. The largest absolute Gasteiger partial charge is 0.360 e. The number of ketones is 1. The van der Waals surface area contributed by atoms with E-state index in [-0.39, 0.29) is 17.7 Å². The average Bonchev–Trinajstić information content (AvgIpc) is 2.84. The molecule has 0 spiro atoms. The fourth-order valence-electron chi connectivity index (χ4n) is 4.69. The Labute approximate surface area is 190 Å². The van der Waals surface area contributed by atoms with Crippen molar-refractivity contribution in [3.05, 3.63) is 72.3 Å². The Balaban J connectivity index is 1.44. The van der Waals surface area contributed by atoms with Gasteiger partial charge < -0.3 is 14.7 Å². The van der Waals surface area contributed by atoms with E-state index in [4.69, 9.17) is 0 Å². The van der Waals surface area contributed by atoms with E-state index in [0.717, 1.165) is 53.9 Å². The number of quaternary nitrogens is 1. The fourth-order valence-corrected chi connectivity index (χ4v) is 4.69. The first kappa shape index (κ1) is 22.0. The van der Waals surface area contributed by atoms with Crippen molar-refractivity contribution in [2.24, 2.45) is 0 Å². The lowest BCUT2D eigenvalue weighted by Crippen LogP contribution is -3.19. The summed E-state index contributed by atoms with van der Waals surface area (Å²) < 4.78 is 0. The van der Waals surface area contributed by atoms with Gasteiger partial charge in [-0.3, -0.25) is 9.59 Å². The number of nitrogens with one attached hydrogen (secondary N) is 1. The second kappa shape index (κ2) is 9.53. The van der Waals surface area contributed by atoms with Gasteiger partial charge in [0.15, 0.2) is 11.8 Å². The van der Waals surface area contributed by atoms with Gasteiger partial charge in [0, 0.05) is 23.2 Å². The highest BCUT2D eigenvalue weighted by atomic mass is 16.2. The van der Waals surface area contributed by atoms with Crippen molar-refractivity contribution in [2.45, 2.75) is 26.8 Å². The minimum atomic E-state index is -0.101. The lowest BCUT2D eigenvalue weighted by atomic mass is 10.1. The molecule has 0 radical (unpaired) electrons. The number of rotatable bonds is 6. The number of hydrogen-bond donors (Lipinski definition) is 1. The van der Waals surface area contributed by atoms with Crippen LogP contribution in [0.3, 0.4) is 0 Å². The van der Waals surface area contributed by atoms with E-state index in [1.165, 1.54) is 4.90 Å². The minimum Gasteiger partial charge on any atom is -0.360 e. The molecule has 0 aliphatic carbocycles. The van der Waals surface area contributed by atoms with Crippen LogP contribution < -0.4 is 14.7 Å². The lowest BCUT2D eigenvalue weighted by Gasteiger charge is -2.37. The zero-order chi connectivity index (χ0) is 22.7. The van der Waals surface area contributed by atoms with E-state index in [9.17, 15) is 9.59 Å². The van der Waals surface area contributed by atoms with Crippen LogP contribution in [-0.4, -0.2) is 50.5 Å². The highest BCUT2D eigenvalue weighted by Gasteiger charge is 2.32. The van der Waals surface area contributed by atoms with Gasteiger partial charge >= 0.3 is 0 Å².